The number of nitrogens with zero attached hydrogens (tertiary/aromatic N) is 1. The fraction of sp³-hybridized carbons (Fsp3) is 0.467. The highest BCUT2D eigenvalue weighted by Crippen LogP contribution is 2.33. The Balaban J connectivity index is 0.00000133. The summed E-state index contributed by atoms with van der Waals surface area (Å²) in [5.41, 5.74) is 2.33. The average Bonchev–Trinajstić information content (AvgIpc) is 2.38. The summed E-state index contributed by atoms with van der Waals surface area (Å²) in [4.78, 5) is 2.44. The van der Waals surface area contributed by atoms with Crippen molar-refractivity contribution in [1.82, 2.24) is 4.90 Å². The van der Waals surface area contributed by atoms with Gasteiger partial charge in [-0.05, 0) is 23.6 Å². The lowest BCUT2D eigenvalue weighted by Gasteiger charge is -2.44. The van der Waals surface area contributed by atoms with Crippen LogP contribution in [0, 0.1) is 0 Å². The van der Waals surface area contributed by atoms with Gasteiger partial charge in [-0.15, -0.1) is 19.0 Å². The minimum absolute atomic E-state index is 0. The number of benzene rings is 1. The standard InChI is InChI=1S/C15H19NO2.ClH/c1-2-6-16-7-8-18-15-10-12-11(9-13(15)16)4-3-5-14(12)17;/h2-5,13,15,17H,1,6-10H2;1H/t13-,15-;/m0./s1. The van der Waals surface area contributed by atoms with E-state index in [0.717, 1.165) is 38.1 Å². The summed E-state index contributed by atoms with van der Waals surface area (Å²) < 4.78 is 5.88. The SMILES string of the molecule is C=CCN1CCO[C@H]2Cc3c(O)cccc3C[C@@H]21.Cl. The van der Waals surface area contributed by atoms with E-state index in [1.807, 2.05) is 12.1 Å². The molecule has 3 nitrogen and oxygen atoms in total. The third kappa shape index (κ3) is 2.64. The Kier molecular flexibility index (Phi) is 4.50. The maximum Gasteiger partial charge on any atom is 0.119 e. The van der Waals surface area contributed by atoms with E-state index in [9.17, 15) is 5.11 Å². The van der Waals surface area contributed by atoms with E-state index >= 15 is 0 Å². The van der Waals surface area contributed by atoms with E-state index in [1.165, 1.54) is 5.56 Å². The molecule has 1 heterocycles. The van der Waals surface area contributed by atoms with Gasteiger partial charge in [-0.3, -0.25) is 4.90 Å². The molecule has 0 bridgehead atoms. The van der Waals surface area contributed by atoms with Crippen LogP contribution in [0.3, 0.4) is 0 Å². The minimum Gasteiger partial charge on any atom is -0.508 e. The van der Waals surface area contributed by atoms with Crippen molar-refractivity contribution in [3.05, 3.63) is 42.0 Å². The van der Waals surface area contributed by atoms with Gasteiger partial charge in [0.1, 0.15) is 5.75 Å². The van der Waals surface area contributed by atoms with Gasteiger partial charge in [-0.25, -0.2) is 0 Å². The second kappa shape index (κ2) is 5.95. The Morgan fingerprint density at radius 2 is 2.26 bits per heavy atom. The van der Waals surface area contributed by atoms with Crippen LogP contribution in [0.5, 0.6) is 5.75 Å². The molecule has 1 aromatic rings. The van der Waals surface area contributed by atoms with Crippen LogP contribution in [0.2, 0.25) is 0 Å². The van der Waals surface area contributed by atoms with Crippen molar-refractivity contribution in [2.45, 2.75) is 25.0 Å². The van der Waals surface area contributed by atoms with E-state index in [1.54, 1.807) is 6.07 Å². The summed E-state index contributed by atoms with van der Waals surface area (Å²) in [6.45, 7) is 6.49. The zero-order valence-electron chi connectivity index (χ0n) is 10.9. The number of phenolic OH excluding ortho intramolecular Hbond substituents is 1. The smallest absolute Gasteiger partial charge is 0.119 e. The number of hydrogen-bond acceptors (Lipinski definition) is 3. The first-order chi connectivity index (χ1) is 8.79. The third-order valence-electron chi connectivity index (χ3n) is 4.05. The first kappa shape index (κ1) is 14.4. The quantitative estimate of drug-likeness (QED) is 0.844. The molecule has 19 heavy (non-hydrogen) atoms. The molecule has 2 aliphatic rings. The van der Waals surface area contributed by atoms with Crippen molar-refractivity contribution in [2.75, 3.05) is 19.7 Å². The zero-order chi connectivity index (χ0) is 12.5. The third-order valence-corrected chi connectivity index (χ3v) is 4.05. The molecule has 2 atom stereocenters. The predicted molar refractivity (Wildman–Crippen MR) is 78.1 cm³/mol. The van der Waals surface area contributed by atoms with Crippen LogP contribution in [0.25, 0.3) is 0 Å². The highest BCUT2D eigenvalue weighted by molar-refractivity contribution is 5.85. The van der Waals surface area contributed by atoms with Crippen LogP contribution < -0.4 is 0 Å². The van der Waals surface area contributed by atoms with Crippen LogP contribution >= 0.6 is 12.4 Å². The lowest BCUT2D eigenvalue weighted by Crippen LogP contribution is -2.54. The summed E-state index contributed by atoms with van der Waals surface area (Å²) >= 11 is 0. The van der Waals surface area contributed by atoms with Gasteiger partial charge in [0.25, 0.3) is 0 Å². The van der Waals surface area contributed by atoms with Gasteiger partial charge in [0.15, 0.2) is 0 Å². The molecule has 104 valence electrons. The first-order valence-electron chi connectivity index (χ1n) is 6.56. The molecule has 4 heteroatoms. The highest BCUT2D eigenvalue weighted by Gasteiger charge is 2.36. The summed E-state index contributed by atoms with van der Waals surface area (Å²) in [5, 5.41) is 9.93. The maximum absolute atomic E-state index is 9.93. The maximum atomic E-state index is 9.93. The van der Waals surface area contributed by atoms with Crippen molar-refractivity contribution in [1.29, 1.82) is 0 Å². The number of aromatic hydroxyl groups is 1. The molecule has 0 aromatic heterocycles. The molecule has 1 aliphatic heterocycles. The monoisotopic (exact) mass is 281 g/mol. The second-order valence-electron chi connectivity index (χ2n) is 5.08. The molecular formula is C15H20ClNO2. The Hall–Kier alpha value is -1.03. The number of hydrogen-bond donors (Lipinski definition) is 1. The van der Waals surface area contributed by atoms with Crippen LogP contribution in [0.4, 0.5) is 0 Å². The van der Waals surface area contributed by atoms with Crippen LogP contribution in [-0.2, 0) is 17.6 Å². The van der Waals surface area contributed by atoms with Gasteiger partial charge < -0.3 is 9.84 Å². The fourth-order valence-electron chi connectivity index (χ4n) is 3.16. The van der Waals surface area contributed by atoms with E-state index < -0.39 is 0 Å². The number of fused-ring (bicyclic) bond motifs is 2. The van der Waals surface area contributed by atoms with Gasteiger partial charge in [-0.2, -0.15) is 0 Å². The van der Waals surface area contributed by atoms with Crippen molar-refractivity contribution in [3.63, 3.8) is 0 Å². The summed E-state index contributed by atoms with van der Waals surface area (Å²) in [5.74, 6) is 0.412. The van der Waals surface area contributed by atoms with Crippen molar-refractivity contribution >= 4 is 12.4 Å². The number of morpholine rings is 1. The summed E-state index contributed by atoms with van der Waals surface area (Å²) in [7, 11) is 0. The van der Waals surface area contributed by atoms with E-state index in [0.29, 0.717) is 11.8 Å². The summed E-state index contributed by atoms with van der Waals surface area (Å²) in [6.07, 6.45) is 3.95. The summed E-state index contributed by atoms with van der Waals surface area (Å²) in [6, 6.07) is 6.23. The zero-order valence-corrected chi connectivity index (χ0v) is 11.7. The fourth-order valence-corrected chi connectivity index (χ4v) is 3.16. The lowest BCUT2D eigenvalue weighted by atomic mass is 9.84. The Labute approximate surface area is 120 Å². The van der Waals surface area contributed by atoms with E-state index in [2.05, 4.69) is 17.5 Å². The second-order valence-corrected chi connectivity index (χ2v) is 5.08. The molecule has 1 N–H and O–H groups in total. The van der Waals surface area contributed by atoms with Crippen LogP contribution in [0.15, 0.2) is 30.9 Å². The topological polar surface area (TPSA) is 32.7 Å². The Bertz CT molecular complexity index is 463. The Morgan fingerprint density at radius 1 is 1.42 bits per heavy atom. The normalized spacial score (nSPS) is 25.9. The van der Waals surface area contributed by atoms with Gasteiger partial charge in [0.05, 0.1) is 12.7 Å². The number of halogens is 1. The van der Waals surface area contributed by atoms with E-state index in [4.69, 9.17) is 4.74 Å². The van der Waals surface area contributed by atoms with E-state index in [-0.39, 0.29) is 18.5 Å². The molecule has 0 radical (unpaired) electrons. The van der Waals surface area contributed by atoms with Gasteiger partial charge in [0, 0.05) is 25.6 Å². The molecule has 0 saturated carbocycles. The highest BCUT2D eigenvalue weighted by atomic mass is 35.5. The van der Waals surface area contributed by atoms with Crippen molar-refractivity contribution < 1.29 is 9.84 Å². The molecule has 1 fully saturated rings. The minimum atomic E-state index is 0. The largest absolute Gasteiger partial charge is 0.508 e. The number of rotatable bonds is 2. The molecule has 1 saturated heterocycles. The molecule has 3 rings (SSSR count). The Morgan fingerprint density at radius 3 is 3.05 bits per heavy atom. The molecule has 0 amide bonds. The van der Waals surface area contributed by atoms with Gasteiger partial charge in [-0.1, -0.05) is 18.2 Å². The molecule has 1 aliphatic carbocycles. The van der Waals surface area contributed by atoms with Crippen LogP contribution in [-0.4, -0.2) is 41.8 Å². The number of phenols is 1. The molecule has 1 aromatic carbocycles. The van der Waals surface area contributed by atoms with Crippen molar-refractivity contribution in [3.8, 4) is 5.75 Å². The number of ether oxygens (including phenoxy) is 1. The molecular weight excluding hydrogens is 262 g/mol. The molecule has 0 unspecified atom stereocenters. The average molecular weight is 282 g/mol. The van der Waals surface area contributed by atoms with Crippen LogP contribution in [0.1, 0.15) is 11.1 Å². The molecule has 0 spiro atoms. The lowest BCUT2D eigenvalue weighted by molar-refractivity contribution is -0.0701. The van der Waals surface area contributed by atoms with Gasteiger partial charge in [0.2, 0.25) is 0 Å². The van der Waals surface area contributed by atoms with Gasteiger partial charge >= 0.3 is 0 Å². The first-order valence-corrected chi connectivity index (χ1v) is 6.56. The predicted octanol–water partition coefficient (Wildman–Crippen LogP) is 2.17. The van der Waals surface area contributed by atoms with Crippen molar-refractivity contribution in [2.24, 2.45) is 0 Å².